The maximum atomic E-state index is 11.0. The number of rotatable bonds is 6. The van der Waals surface area contributed by atoms with Gasteiger partial charge in [0.05, 0.1) is 29.7 Å². The topological polar surface area (TPSA) is 90.8 Å². The van der Waals surface area contributed by atoms with Gasteiger partial charge in [-0.05, 0) is 68.7 Å². The second-order valence-electron chi connectivity index (χ2n) is 8.43. The Labute approximate surface area is 186 Å². The highest BCUT2D eigenvalue weighted by Gasteiger charge is 2.43. The molecule has 164 valence electrons. The third kappa shape index (κ3) is 4.83. The van der Waals surface area contributed by atoms with Crippen LogP contribution in [0.25, 0.3) is 16.6 Å². The van der Waals surface area contributed by atoms with E-state index in [2.05, 4.69) is 26.6 Å². The molecule has 1 atom stereocenters. The molecule has 1 aromatic heterocycles. The van der Waals surface area contributed by atoms with Crippen molar-refractivity contribution in [2.24, 2.45) is 10.9 Å². The second kappa shape index (κ2) is 8.85. The number of carboxylic acid groups (broad SMARTS) is 1. The van der Waals surface area contributed by atoms with Crippen molar-refractivity contribution in [3.63, 3.8) is 0 Å². The van der Waals surface area contributed by atoms with Gasteiger partial charge in [0, 0.05) is 18.1 Å². The van der Waals surface area contributed by atoms with Crippen molar-refractivity contribution in [2.45, 2.75) is 38.2 Å². The first kappa shape index (κ1) is 21.6. The third-order valence-corrected chi connectivity index (χ3v) is 6.44. The summed E-state index contributed by atoms with van der Waals surface area (Å²) in [4.78, 5) is 25.3. The highest BCUT2D eigenvalue weighted by molar-refractivity contribution is 6.31. The Morgan fingerprint density at radius 3 is 2.94 bits per heavy atom. The summed E-state index contributed by atoms with van der Waals surface area (Å²) in [6.07, 6.45) is 6.68. The predicted molar refractivity (Wildman–Crippen MR) is 122 cm³/mol. The minimum absolute atomic E-state index is 0.112. The molecular formula is C23H27ClN4O3. The van der Waals surface area contributed by atoms with Crippen molar-refractivity contribution in [3.05, 3.63) is 47.0 Å². The van der Waals surface area contributed by atoms with Crippen LogP contribution in [0.15, 0.2) is 41.2 Å². The monoisotopic (exact) mass is 442 g/mol. The fourth-order valence-corrected chi connectivity index (χ4v) is 4.69. The molecule has 8 heteroatoms. The molecule has 2 aliphatic heterocycles. The lowest BCUT2D eigenvalue weighted by molar-refractivity contribution is -0.138. The Bertz CT molecular complexity index is 1050. The van der Waals surface area contributed by atoms with Crippen molar-refractivity contribution in [1.82, 2.24) is 14.9 Å². The van der Waals surface area contributed by atoms with Crippen molar-refractivity contribution in [2.75, 3.05) is 19.7 Å². The van der Waals surface area contributed by atoms with Crippen molar-refractivity contribution in [1.29, 1.82) is 0 Å². The smallest absolute Gasteiger partial charge is 0.303 e. The number of aliphatic imine (C=N–C) groups is 1. The number of piperidine rings is 1. The highest BCUT2D eigenvalue weighted by Crippen LogP contribution is 2.40. The Kier molecular flexibility index (Phi) is 6.16. The zero-order valence-corrected chi connectivity index (χ0v) is 18.4. The lowest BCUT2D eigenvalue weighted by Gasteiger charge is -2.39. The number of nitrogens with one attached hydrogen (secondary N) is 1. The number of hydrogen-bond donors (Lipinski definition) is 2. The first-order valence-electron chi connectivity index (χ1n) is 10.5. The quantitative estimate of drug-likeness (QED) is 0.507. The van der Waals surface area contributed by atoms with E-state index < -0.39 is 5.97 Å². The van der Waals surface area contributed by atoms with Crippen LogP contribution in [0.1, 0.15) is 38.4 Å². The molecule has 1 unspecified atom stereocenters. The van der Waals surface area contributed by atoms with Gasteiger partial charge < -0.3 is 19.7 Å². The Morgan fingerprint density at radius 1 is 1.45 bits per heavy atom. The summed E-state index contributed by atoms with van der Waals surface area (Å²) >= 11 is 6.06. The first-order chi connectivity index (χ1) is 14.9. The fraction of sp³-hybridized carbons (Fsp3) is 0.435. The summed E-state index contributed by atoms with van der Waals surface area (Å²) in [6, 6.07) is 5.59. The standard InChI is InChI=1S/C23H27ClN4O3/c1-15(22-26-18-5-4-17(24)12-19(18)27-22)3-6-20(25-2)28-9-7-23(8-10-28)13-16(14-31-23)11-21(29)30/h3-6,12,16H,2,7-11,13-14H2,1H3,(H,26,27)(H,29,30)/b15-3+,20-6?. The van der Waals surface area contributed by atoms with Gasteiger partial charge in [0.2, 0.25) is 0 Å². The molecule has 0 radical (unpaired) electrons. The number of fused-ring (bicyclic) bond motifs is 1. The van der Waals surface area contributed by atoms with Crippen LogP contribution in [0.2, 0.25) is 5.02 Å². The molecule has 4 rings (SSSR count). The Balaban J connectivity index is 1.41. The first-order valence-corrected chi connectivity index (χ1v) is 10.9. The van der Waals surface area contributed by atoms with Gasteiger partial charge in [-0.2, -0.15) is 0 Å². The number of likely N-dealkylation sites (tertiary alicyclic amines) is 1. The van der Waals surface area contributed by atoms with Crippen LogP contribution in [0.4, 0.5) is 0 Å². The molecule has 0 amide bonds. The van der Waals surface area contributed by atoms with Gasteiger partial charge in [-0.3, -0.25) is 4.79 Å². The van der Waals surface area contributed by atoms with Crippen LogP contribution < -0.4 is 0 Å². The molecule has 31 heavy (non-hydrogen) atoms. The van der Waals surface area contributed by atoms with Crippen LogP contribution in [0.3, 0.4) is 0 Å². The summed E-state index contributed by atoms with van der Waals surface area (Å²) in [7, 11) is 0. The fourth-order valence-electron chi connectivity index (χ4n) is 4.51. The highest BCUT2D eigenvalue weighted by atomic mass is 35.5. The minimum atomic E-state index is -0.751. The van der Waals surface area contributed by atoms with E-state index >= 15 is 0 Å². The molecule has 2 saturated heterocycles. The van der Waals surface area contributed by atoms with Gasteiger partial charge in [-0.1, -0.05) is 17.7 Å². The van der Waals surface area contributed by atoms with Gasteiger partial charge in [0.1, 0.15) is 11.6 Å². The number of aromatic amines is 1. The molecule has 1 aromatic carbocycles. The number of halogens is 1. The maximum Gasteiger partial charge on any atom is 0.303 e. The van der Waals surface area contributed by atoms with Crippen LogP contribution in [-0.2, 0) is 9.53 Å². The third-order valence-electron chi connectivity index (χ3n) is 6.21. The van der Waals surface area contributed by atoms with Crippen molar-refractivity contribution in [3.8, 4) is 0 Å². The number of imidazole rings is 1. The predicted octanol–water partition coefficient (Wildman–Crippen LogP) is 4.51. The summed E-state index contributed by atoms with van der Waals surface area (Å²) in [5, 5.41) is 9.71. The molecule has 2 N–H and O–H groups in total. The zero-order valence-electron chi connectivity index (χ0n) is 17.6. The van der Waals surface area contributed by atoms with E-state index in [0.29, 0.717) is 11.6 Å². The van der Waals surface area contributed by atoms with Crippen LogP contribution in [0, 0.1) is 5.92 Å². The van der Waals surface area contributed by atoms with Crippen molar-refractivity contribution >= 4 is 40.9 Å². The van der Waals surface area contributed by atoms with E-state index in [1.165, 1.54) is 0 Å². The Morgan fingerprint density at radius 2 is 2.23 bits per heavy atom. The van der Waals surface area contributed by atoms with Crippen molar-refractivity contribution < 1.29 is 14.6 Å². The largest absolute Gasteiger partial charge is 0.481 e. The normalized spacial score (nSPS) is 21.7. The van der Waals surface area contributed by atoms with Gasteiger partial charge in [0.25, 0.3) is 0 Å². The average molecular weight is 443 g/mol. The lowest BCUT2D eigenvalue weighted by Crippen LogP contribution is -2.43. The maximum absolute atomic E-state index is 11.0. The number of ether oxygens (including phenoxy) is 1. The molecule has 2 aliphatic rings. The average Bonchev–Trinajstić information content (AvgIpc) is 3.33. The number of nitrogens with zero attached hydrogens (tertiary/aromatic N) is 3. The molecular weight excluding hydrogens is 416 g/mol. The number of benzene rings is 1. The van der Waals surface area contributed by atoms with E-state index in [9.17, 15) is 4.79 Å². The molecule has 0 saturated carbocycles. The second-order valence-corrected chi connectivity index (χ2v) is 8.87. The number of carbonyl (C=O) groups is 1. The molecule has 2 fully saturated rings. The van der Waals surface area contributed by atoms with Crippen LogP contribution >= 0.6 is 11.6 Å². The number of hydrogen-bond acceptors (Lipinski definition) is 5. The zero-order chi connectivity index (χ0) is 22.0. The molecule has 3 heterocycles. The SMILES string of the molecule is C=NC(=C/C=C(\C)c1nc2ccc(Cl)cc2[nH]1)N1CCC2(CC1)CC(CC(=O)O)CO2. The van der Waals surface area contributed by atoms with Gasteiger partial charge in [-0.15, -0.1) is 0 Å². The number of aliphatic carboxylic acids is 1. The number of aromatic nitrogens is 2. The summed E-state index contributed by atoms with van der Waals surface area (Å²) in [5.41, 5.74) is 2.57. The van der Waals surface area contributed by atoms with E-state index in [1.807, 2.05) is 37.3 Å². The summed E-state index contributed by atoms with van der Waals surface area (Å²) in [6.45, 7) is 7.89. The molecule has 2 aromatic rings. The summed E-state index contributed by atoms with van der Waals surface area (Å²) in [5.74, 6) is 0.964. The van der Waals surface area contributed by atoms with E-state index in [-0.39, 0.29) is 17.9 Å². The van der Waals surface area contributed by atoms with Gasteiger partial charge in [0.15, 0.2) is 0 Å². The van der Waals surface area contributed by atoms with E-state index in [1.54, 1.807) is 0 Å². The van der Waals surface area contributed by atoms with Gasteiger partial charge in [-0.25, -0.2) is 9.98 Å². The number of allylic oxidation sites excluding steroid dienone is 3. The van der Waals surface area contributed by atoms with E-state index in [0.717, 1.165) is 60.6 Å². The molecule has 0 bridgehead atoms. The Hall–Kier alpha value is -2.64. The van der Waals surface area contributed by atoms with E-state index in [4.69, 9.17) is 21.4 Å². The number of carboxylic acids is 1. The van der Waals surface area contributed by atoms with Crippen LogP contribution in [0.5, 0.6) is 0 Å². The summed E-state index contributed by atoms with van der Waals surface area (Å²) < 4.78 is 6.06. The molecule has 7 nitrogen and oxygen atoms in total. The molecule has 0 aliphatic carbocycles. The molecule has 1 spiro atoms. The van der Waals surface area contributed by atoms with Crippen LogP contribution in [-0.4, -0.2) is 58.0 Å². The number of H-pyrrole nitrogens is 1. The minimum Gasteiger partial charge on any atom is -0.481 e. The lowest BCUT2D eigenvalue weighted by atomic mass is 9.84. The van der Waals surface area contributed by atoms with Gasteiger partial charge >= 0.3 is 5.97 Å².